The first-order chi connectivity index (χ1) is 13.6. The van der Waals surface area contributed by atoms with E-state index in [1.54, 1.807) is 23.5 Å². The predicted molar refractivity (Wildman–Crippen MR) is 109 cm³/mol. The Morgan fingerprint density at radius 3 is 2.89 bits per heavy atom. The zero-order valence-corrected chi connectivity index (χ0v) is 17.2. The molecule has 3 heterocycles. The number of aromatic nitrogens is 4. The zero-order chi connectivity index (χ0) is 19.9. The lowest BCUT2D eigenvalue weighted by atomic mass is 10.4. The molecule has 0 spiro atoms. The summed E-state index contributed by atoms with van der Waals surface area (Å²) in [5.41, 5.74) is 0.358. The van der Waals surface area contributed by atoms with Crippen LogP contribution >= 0.6 is 34.7 Å². The number of hydrogen-bond acceptors (Lipinski definition) is 8. The first-order valence-corrected chi connectivity index (χ1v) is 10.5. The van der Waals surface area contributed by atoms with E-state index in [1.807, 2.05) is 29.0 Å². The number of pyridine rings is 1. The molecule has 0 aliphatic heterocycles. The van der Waals surface area contributed by atoms with E-state index >= 15 is 0 Å². The van der Waals surface area contributed by atoms with E-state index < -0.39 is 18.5 Å². The minimum atomic E-state index is -0.527. The third-order valence-corrected chi connectivity index (χ3v) is 5.60. The van der Waals surface area contributed by atoms with Crippen molar-refractivity contribution in [3.8, 4) is 10.7 Å². The molecule has 0 aromatic carbocycles. The number of rotatable bonds is 8. The molecule has 1 N–H and O–H groups in total. The van der Waals surface area contributed by atoms with Crippen LogP contribution in [0.5, 0.6) is 0 Å². The van der Waals surface area contributed by atoms with E-state index in [1.165, 1.54) is 18.0 Å². The van der Waals surface area contributed by atoms with Gasteiger partial charge in [-0.05, 0) is 30.5 Å². The van der Waals surface area contributed by atoms with E-state index in [2.05, 4.69) is 20.5 Å². The molecule has 8 nitrogen and oxygen atoms in total. The molecule has 0 radical (unpaired) electrons. The number of halogens is 1. The number of carbonyl (C=O) groups is 2. The molecule has 0 saturated carbocycles. The third kappa shape index (κ3) is 5.09. The van der Waals surface area contributed by atoms with Crippen molar-refractivity contribution in [2.24, 2.45) is 0 Å². The van der Waals surface area contributed by atoms with Crippen molar-refractivity contribution in [1.29, 1.82) is 0 Å². The van der Waals surface area contributed by atoms with Gasteiger partial charge in [0, 0.05) is 12.7 Å². The third-order valence-electron chi connectivity index (χ3n) is 3.49. The van der Waals surface area contributed by atoms with Crippen LogP contribution in [0.2, 0.25) is 5.15 Å². The average molecular weight is 438 g/mol. The number of nitrogens with zero attached hydrogens (tertiary/aromatic N) is 4. The van der Waals surface area contributed by atoms with Gasteiger partial charge in [0.1, 0.15) is 0 Å². The second-order valence-electron chi connectivity index (χ2n) is 5.37. The van der Waals surface area contributed by atoms with E-state index in [0.29, 0.717) is 17.4 Å². The number of ether oxygens (including phenoxy) is 1. The van der Waals surface area contributed by atoms with Gasteiger partial charge in [0.2, 0.25) is 0 Å². The molecule has 0 saturated heterocycles. The fourth-order valence-corrected chi connectivity index (χ4v) is 3.93. The highest BCUT2D eigenvalue weighted by molar-refractivity contribution is 7.99. The summed E-state index contributed by atoms with van der Waals surface area (Å²) in [7, 11) is 0. The van der Waals surface area contributed by atoms with Crippen molar-refractivity contribution in [1.82, 2.24) is 19.7 Å². The molecule has 0 aliphatic rings. The van der Waals surface area contributed by atoms with Gasteiger partial charge in [0.25, 0.3) is 5.91 Å². The van der Waals surface area contributed by atoms with Crippen molar-refractivity contribution < 1.29 is 14.3 Å². The molecule has 3 aromatic heterocycles. The van der Waals surface area contributed by atoms with Gasteiger partial charge in [0.05, 0.1) is 16.3 Å². The molecular weight excluding hydrogens is 422 g/mol. The van der Waals surface area contributed by atoms with E-state index in [4.69, 9.17) is 16.3 Å². The maximum Gasteiger partial charge on any atom is 0.316 e. The minimum absolute atomic E-state index is 0.0174. The maximum absolute atomic E-state index is 12.0. The SMILES string of the molecule is CCn1c(SCC(=O)OCC(=O)Nc2cccnc2Cl)nnc1-c1cccs1. The largest absolute Gasteiger partial charge is 0.455 e. The number of amides is 1. The summed E-state index contributed by atoms with van der Waals surface area (Å²) in [6.45, 7) is 2.24. The Bertz CT molecular complexity index is 962. The van der Waals surface area contributed by atoms with Crippen molar-refractivity contribution in [3.63, 3.8) is 0 Å². The van der Waals surface area contributed by atoms with Gasteiger partial charge in [-0.15, -0.1) is 21.5 Å². The lowest BCUT2D eigenvalue weighted by Crippen LogP contribution is -2.22. The lowest BCUT2D eigenvalue weighted by Gasteiger charge is -2.08. The number of anilines is 1. The van der Waals surface area contributed by atoms with Crippen molar-refractivity contribution >= 4 is 52.3 Å². The number of carbonyl (C=O) groups excluding carboxylic acids is 2. The van der Waals surface area contributed by atoms with Crippen LogP contribution in [-0.4, -0.2) is 44.0 Å². The summed E-state index contributed by atoms with van der Waals surface area (Å²) in [5.74, 6) is -0.240. The number of thioether (sulfide) groups is 1. The highest BCUT2D eigenvalue weighted by atomic mass is 35.5. The number of thiophene rings is 1. The number of esters is 1. The van der Waals surface area contributed by atoms with Crippen LogP contribution in [0.15, 0.2) is 41.0 Å². The average Bonchev–Trinajstić information content (AvgIpc) is 3.35. The Morgan fingerprint density at radius 1 is 1.32 bits per heavy atom. The van der Waals surface area contributed by atoms with Crippen LogP contribution in [0, 0.1) is 0 Å². The second-order valence-corrected chi connectivity index (χ2v) is 7.62. The molecule has 0 bridgehead atoms. The van der Waals surface area contributed by atoms with Gasteiger partial charge in [-0.25, -0.2) is 4.98 Å². The van der Waals surface area contributed by atoms with Gasteiger partial charge in [-0.1, -0.05) is 29.4 Å². The molecule has 3 aromatic rings. The summed E-state index contributed by atoms with van der Waals surface area (Å²) in [4.78, 5) is 28.7. The number of nitrogens with one attached hydrogen (secondary N) is 1. The zero-order valence-electron chi connectivity index (χ0n) is 14.8. The Balaban J connectivity index is 1.49. The van der Waals surface area contributed by atoms with Crippen LogP contribution in [0.25, 0.3) is 10.7 Å². The minimum Gasteiger partial charge on any atom is -0.455 e. The lowest BCUT2D eigenvalue weighted by molar-refractivity contribution is -0.144. The Kier molecular flexibility index (Phi) is 7.01. The first-order valence-electron chi connectivity index (χ1n) is 8.24. The molecule has 0 aliphatic carbocycles. The smallest absolute Gasteiger partial charge is 0.316 e. The van der Waals surface area contributed by atoms with Gasteiger partial charge in [-0.2, -0.15) is 0 Å². The molecule has 0 unspecified atom stereocenters. The standard InChI is InChI=1S/C17H16ClN5O3S2/c1-2-23-16(12-6-4-8-27-12)21-22-17(23)28-10-14(25)26-9-13(24)20-11-5-3-7-19-15(11)18/h3-8H,2,9-10H2,1H3,(H,20,24). The predicted octanol–water partition coefficient (Wildman–Crippen LogP) is 3.35. The number of hydrogen-bond donors (Lipinski definition) is 1. The molecule has 146 valence electrons. The van der Waals surface area contributed by atoms with Crippen LogP contribution in [-0.2, 0) is 20.9 Å². The molecule has 11 heteroatoms. The monoisotopic (exact) mass is 437 g/mol. The molecule has 28 heavy (non-hydrogen) atoms. The van der Waals surface area contributed by atoms with Gasteiger partial charge >= 0.3 is 5.97 Å². The van der Waals surface area contributed by atoms with Crippen LogP contribution in [0.1, 0.15) is 6.92 Å². The van der Waals surface area contributed by atoms with Crippen molar-refractivity contribution in [2.75, 3.05) is 17.7 Å². The molecule has 0 atom stereocenters. The quantitative estimate of drug-likeness (QED) is 0.327. The molecule has 1 amide bonds. The summed E-state index contributed by atoms with van der Waals surface area (Å²) in [5, 5.41) is 13.6. The summed E-state index contributed by atoms with van der Waals surface area (Å²) >= 11 is 8.65. The van der Waals surface area contributed by atoms with Gasteiger partial charge in [-0.3, -0.25) is 9.59 Å². The van der Waals surface area contributed by atoms with Crippen molar-refractivity contribution in [2.45, 2.75) is 18.6 Å². The molecular formula is C17H16ClN5O3S2. The van der Waals surface area contributed by atoms with Crippen LogP contribution in [0.3, 0.4) is 0 Å². The Morgan fingerprint density at radius 2 is 2.18 bits per heavy atom. The first kappa shape index (κ1) is 20.3. The topological polar surface area (TPSA) is 99.0 Å². The summed E-state index contributed by atoms with van der Waals surface area (Å²) in [6, 6.07) is 7.16. The highest BCUT2D eigenvalue weighted by Crippen LogP contribution is 2.27. The van der Waals surface area contributed by atoms with E-state index in [0.717, 1.165) is 10.7 Å². The van der Waals surface area contributed by atoms with Crippen molar-refractivity contribution in [3.05, 3.63) is 41.0 Å². The Labute approximate surface area is 174 Å². The van der Waals surface area contributed by atoms with E-state index in [-0.39, 0.29) is 10.9 Å². The van der Waals surface area contributed by atoms with Crippen LogP contribution in [0.4, 0.5) is 5.69 Å². The van der Waals surface area contributed by atoms with Crippen LogP contribution < -0.4 is 5.32 Å². The van der Waals surface area contributed by atoms with Gasteiger partial charge in [0.15, 0.2) is 22.7 Å². The Hall–Kier alpha value is -2.43. The normalized spacial score (nSPS) is 10.6. The maximum atomic E-state index is 12.0. The highest BCUT2D eigenvalue weighted by Gasteiger charge is 2.16. The molecule has 3 rings (SSSR count). The van der Waals surface area contributed by atoms with E-state index in [9.17, 15) is 9.59 Å². The fourth-order valence-electron chi connectivity index (χ4n) is 2.25. The van der Waals surface area contributed by atoms with Gasteiger partial charge < -0.3 is 14.6 Å². The molecule has 0 fully saturated rings. The second kappa shape index (κ2) is 9.67. The fraction of sp³-hybridized carbons (Fsp3) is 0.235. The summed E-state index contributed by atoms with van der Waals surface area (Å²) in [6.07, 6.45) is 1.51. The summed E-state index contributed by atoms with van der Waals surface area (Å²) < 4.78 is 6.93.